The van der Waals surface area contributed by atoms with Crippen molar-refractivity contribution in [1.29, 1.82) is 0 Å². The maximum Gasteiger partial charge on any atom is 0.241 e. The van der Waals surface area contributed by atoms with Crippen LogP contribution in [0.3, 0.4) is 0 Å². The van der Waals surface area contributed by atoms with E-state index in [1.165, 1.54) is 10.6 Å². The summed E-state index contributed by atoms with van der Waals surface area (Å²) >= 11 is 0. The highest BCUT2D eigenvalue weighted by Gasteiger charge is 2.37. The molecule has 1 unspecified atom stereocenters. The molecule has 0 aromatic carbocycles. The average molecular weight is 290 g/mol. The van der Waals surface area contributed by atoms with Crippen LogP contribution < -0.4 is 0 Å². The van der Waals surface area contributed by atoms with E-state index in [9.17, 15) is 18.3 Å². The van der Waals surface area contributed by atoms with E-state index in [1.807, 2.05) is 0 Å². The topological polar surface area (TPSA) is 77.9 Å². The summed E-state index contributed by atoms with van der Waals surface area (Å²) in [5.41, 5.74) is 0. The molecule has 0 saturated carbocycles. The van der Waals surface area contributed by atoms with E-state index in [1.54, 1.807) is 4.90 Å². The molecule has 6 nitrogen and oxygen atoms in total. The van der Waals surface area contributed by atoms with Gasteiger partial charge < -0.3 is 10.0 Å². The zero-order chi connectivity index (χ0) is 14.0. The fourth-order valence-corrected chi connectivity index (χ4v) is 3.96. The SMILES string of the molecule is CS(=O)(=O)N1CCCCC1C(=O)N1CCC(O)CC1. The molecule has 0 aliphatic carbocycles. The number of carbonyl (C=O) groups excluding carboxylic acids is 1. The number of piperidine rings is 2. The smallest absolute Gasteiger partial charge is 0.241 e. The van der Waals surface area contributed by atoms with Crippen LogP contribution in [-0.2, 0) is 14.8 Å². The maximum atomic E-state index is 12.5. The molecule has 0 aromatic heterocycles. The Balaban J connectivity index is 2.07. The second-order valence-electron chi connectivity index (χ2n) is 5.44. The first-order chi connectivity index (χ1) is 8.89. The minimum Gasteiger partial charge on any atom is -0.393 e. The number of sulfonamides is 1. The lowest BCUT2D eigenvalue weighted by Gasteiger charge is -2.38. The normalized spacial score (nSPS) is 27.5. The second-order valence-corrected chi connectivity index (χ2v) is 7.38. The molecule has 2 aliphatic heterocycles. The third-order valence-electron chi connectivity index (χ3n) is 3.94. The quantitative estimate of drug-likeness (QED) is 0.763. The van der Waals surface area contributed by atoms with Gasteiger partial charge in [-0.2, -0.15) is 4.31 Å². The Morgan fingerprint density at radius 2 is 1.74 bits per heavy atom. The van der Waals surface area contributed by atoms with E-state index in [-0.39, 0.29) is 12.0 Å². The zero-order valence-corrected chi connectivity index (χ0v) is 12.1. The van der Waals surface area contributed by atoms with E-state index in [4.69, 9.17) is 0 Å². The first-order valence-corrected chi connectivity index (χ1v) is 8.68. The van der Waals surface area contributed by atoms with Crippen LogP contribution >= 0.6 is 0 Å². The van der Waals surface area contributed by atoms with Crippen LogP contribution in [0.25, 0.3) is 0 Å². The number of hydrogen-bond acceptors (Lipinski definition) is 4. The van der Waals surface area contributed by atoms with Crippen molar-refractivity contribution in [2.45, 2.75) is 44.2 Å². The maximum absolute atomic E-state index is 12.5. The number of carbonyl (C=O) groups is 1. The number of nitrogens with zero attached hydrogens (tertiary/aromatic N) is 2. The number of aliphatic hydroxyl groups excluding tert-OH is 1. The summed E-state index contributed by atoms with van der Waals surface area (Å²) in [4.78, 5) is 14.2. The number of rotatable bonds is 2. The molecule has 1 amide bonds. The van der Waals surface area contributed by atoms with Gasteiger partial charge in [0.1, 0.15) is 6.04 Å². The van der Waals surface area contributed by atoms with Crippen molar-refractivity contribution < 1.29 is 18.3 Å². The standard InChI is InChI=1S/C12H22N2O4S/c1-19(17,18)14-7-3-2-4-11(14)12(16)13-8-5-10(15)6-9-13/h10-11,15H,2-9H2,1H3. The molecular formula is C12H22N2O4S. The molecule has 0 bridgehead atoms. The van der Waals surface area contributed by atoms with Crippen LogP contribution in [0.5, 0.6) is 0 Å². The molecule has 7 heteroatoms. The molecule has 19 heavy (non-hydrogen) atoms. The van der Waals surface area contributed by atoms with Gasteiger partial charge in [0.15, 0.2) is 0 Å². The molecule has 0 aromatic rings. The highest BCUT2D eigenvalue weighted by Crippen LogP contribution is 2.23. The average Bonchev–Trinajstić information content (AvgIpc) is 2.38. The second kappa shape index (κ2) is 5.76. The van der Waals surface area contributed by atoms with Crippen LogP contribution in [-0.4, -0.2) is 66.7 Å². The van der Waals surface area contributed by atoms with Crippen LogP contribution in [0.15, 0.2) is 0 Å². The predicted molar refractivity (Wildman–Crippen MR) is 71.0 cm³/mol. The van der Waals surface area contributed by atoms with E-state index in [0.717, 1.165) is 12.8 Å². The molecule has 0 spiro atoms. The third-order valence-corrected chi connectivity index (χ3v) is 5.23. The number of aliphatic hydroxyl groups is 1. The monoisotopic (exact) mass is 290 g/mol. The van der Waals surface area contributed by atoms with Crippen LogP contribution in [0.1, 0.15) is 32.1 Å². The van der Waals surface area contributed by atoms with E-state index >= 15 is 0 Å². The van der Waals surface area contributed by atoms with Crippen molar-refractivity contribution in [2.75, 3.05) is 25.9 Å². The van der Waals surface area contributed by atoms with Gasteiger partial charge in [0.25, 0.3) is 0 Å². The van der Waals surface area contributed by atoms with Gasteiger partial charge in [-0.3, -0.25) is 4.79 Å². The third kappa shape index (κ3) is 3.46. The minimum absolute atomic E-state index is 0.1000. The summed E-state index contributed by atoms with van der Waals surface area (Å²) in [6, 6.07) is -0.543. The highest BCUT2D eigenvalue weighted by molar-refractivity contribution is 7.88. The summed E-state index contributed by atoms with van der Waals surface area (Å²) < 4.78 is 24.8. The number of amides is 1. The lowest BCUT2D eigenvalue weighted by molar-refractivity contribution is -0.138. The molecule has 110 valence electrons. The lowest BCUT2D eigenvalue weighted by atomic mass is 10.0. The fourth-order valence-electron chi connectivity index (χ4n) is 2.85. The van der Waals surface area contributed by atoms with Gasteiger partial charge >= 0.3 is 0 Å². The Labute approximate surface area is 114 Å². The Bertz CT molecular complexity index is 429. The number of hydrogen-bond donors (Lipinski definition) is 1. The van der Waals surface area contributed by atoms with E-state index in [0.29, 0.717) is 38.9 Å². The lowest BCUT2D eigenvalue weighted by Crippen LogP contribution is -2.54. The Hall–Kier alpha value is -0.660. The first kappa shape index (κ1) is 14.7. The van der Waals surface area contributed by atoms with Gasteiger partial charge in [0, 0.05) is 19.6 Å². The first-order valence-electron chi connectivity index (χ1n) is 6.83. The van der Waals surface area contributed by atoms with E-state index in [2.05, 4.69) is 0 Å². The Morgan fingerprint density at radius 1 is 1.11 bits per heavy atom. The van der Waals surface area contributed by atoms with Gasteiger partial charge in [-0.1, -0.05) is 6.42 Å². The van der Waals surface area contributed by atoms with Crippen molar-refractivity contribution in [2.24, 2.45) is 0 Å². The molecule has 2 rings (SSSR count). The molecular weight excluding hydrogens is 268 g/mol. The molecule has 1 atom stereocenters. The molecule has 2 aliphatic rings. The summed E-state index contributed by atoms with van der Waals surface area (Å²) in [7, 11) is -3.33. The van der Waals surface area contributed by atoms with Crippen molar-refractivity contribution in [1.82, 2.24) is 9.21 Å². The largest absolute Gasteiger partial charge is 0.393 e. The van der Waals surface area contributed by atoms with Gasteiger partial charge in [-0.05, 0) is 25.7 Å². The molecule has 1 N–H and O–H groups in total. The van der Waals surface area contributed by atoms with Gasteiger partial charge in [0.05, 0.1) is 12.4 Å². The van der Waals surface area contributed by atoms with Gasteiger partial charge in [-0.25, -0.2) is 8.42 Å². The summed E-state index contributed by atoms with van der Waals surface area (Å²) in [5.74, 6) is -0.1000. The minimum atomic E-state index is -3.33. The molecule has 2 fully saturated rings. The molecule has 2 heterocycles. The molecule has 0 radical (unpaired) electrons. The molecule has 2 saturated heterocycles. The summed E-state index contributed by atoms with van der Waals surface area (Å²) in [5, 5.41) is 9.46. The van der Waals surface area contributed by atoms with Crippen molar-refractivity contribution in [3.05, 3.63) is 0 Å². The highest BCUT2D eigenvalue weighted by atomic mass is 32.2. The zero-order valence-electron chi connectivity index (χ0n) is 11.3. The summed E-state index contributed by atoms with van der Waals surface area (Å²) in [6.45, 7) is 1.48. The fraction of sp³-hybridized carbons (Fsp3) is 0.917. The number of likely N-dealkylation sites (tertiary alicyclic amines) is 1. The van der Waals surface area contributed by atoms with Crippen molar-refractivity contribution in [3.63, 3.8) is 0 Å². The van der Waals surface area contributed by atoms with Crippen LogP contribution in [0, 0.1) is 0 Å². The summed E-state index contributed by atoms with van der Waals surface area (Å²) in [6.07, 6.45) is 4.30. The van der Waals surface area contributed by atoms with E-state index < -0.39 is 16.1 Å². The van der Waals surface area contributed by atoms with Crippen molar-refractivity contribution >= 4 is 15.9 Å². The predicted octanol–water partition coefficient (Wildman–Crippen LogP) is -0.216. The van der Waals surface area contributed by atoms with Crippen LogP contribution in [0.2, 0.25) is 0 Å². The van der Waals surface area contributed by atoms with Crippen molar-refractivity contribution in [3.8, 4) is 0 Å². The Morgan fingerprint density at radius 3 is 2.32 bits per heavy atom. The Kier molecular flexibility index (Phi) is 4.47. The van der Waals surface area contributed by atoms with Gasteiger partial charge in [0.2, 0.25) is 15.9 Å². The van der Waals surface area contributed by atoms with Gasteiger partial charge in [-0.15, -0.1) is 0 Å². The van der Waals surface area contributed by atoms with Crippen LogP contribution in [0.4, 0.5) is 0 Å².